The van der Waals surface area contributed by atoms with Gasteiger partial charge in [0.25, 0.3) is 5.91 Å². The number of ketones is 1. The number of aromatic amines is 1. The Morgan fingerprint density at radius 2 is 1.46 bits per heavy atom. The van der Waals surface area contributed by atoms with Crippen LogP contribution in [0.5, 0.6) is 17.2 Å². The van der Waals surface area contributed by atoms with Crippen LogP contribution in [0.15, 0.2) is 78.1 Å². The van der Waals surface area contributed by atoms with Crippen LogP contribution in [0.25, 0.3) is 10.9 Å². The van der Waals surface area contributed by atoms with Crippen molar-refractivity contribution in [3.8, 4) is 17.2 Å². The third-order valence-corrected chi connectivity index (χ3v) is 6.17. The maximum atomic E-state index is 12.8. The Morgan fingerprint density at radius 3 is 2.07 bits per heavy atom. The fourth-order valence-corrected chi connectivity index (χ4v) is 4.07. The first-order valence-corrected chi connectivity index (χ1v) is 13.8. The first-order chi connectivity index (χ1) is 19.7. The molecule has 14 heteroatoms. The summed E-state index contributed by atoms with van der Waals surface area (Å²) in [5.41, 5.74) is 1.66. The number of phosphoric acid groups is 1. The summed E-state index contributed by atoms with van der Waals surface area (Å²) in [7, 11) is -4.54. The number of phosphoric ester groups is 1. The molecule has 0 atom stereocenters. The Morgan fingerprint density at radius 1 is 0.829 bits per heavy atom. The molecular formula is C27H26N3O10P. The van der Waals surface area contributed by atoms with Gasteiger partial charge in [-0.25, -0.2) is 4.57 Å². The van der Waals surface area contributed by atoms with Gasteiger partial charge in [-0.1, -0.05) is 0 Å². The van der Waals surface area contributed by atoms with Crippen molar-refractivity contribution in [2.24, 2.45) is 5.18 Å². The largest absolute Gasteiger partial charge is 0.492 e. The minimum absolute atomic E-state index is 0.0649. The molecule has 214 valence electrons. The third-order valence-electron chi connectivity index (χ3n) is 5.66. The quantitative estimate of drug-likeness (QED) is 0.0693. The van der Waals surface area contributed by atoms with Gasteiger partial charge >= 0.3 is 7.82 Å². The van der Waals surface area contributed by atoms with Crippen LogP contribution in [0.3, 0.4) is 0 Å². The first kappa shape index (κ1) is 29.4. The van der Waals surface area contributed by atoms with E-state index in [1.165, 1.54) is 6.07 Å². The zero-order valence-electron chi connectivity index (χ0n) is 21.5. The molecule has 1 aromatic heterocycles. The summed E-state index contributed by atoms with van der Waals surface area (Å²) in [6.07, 6.45) is 1.65. The van der Waals surface area contributed by atoms with Crippen molar-refractivity contribution in [3.63, 3.8) is 0 Å². The predicted molar refractivity (Wildman–Crippen MR) is 148 cm³/mol. The molecule has 0 aliphatic rings. The van der Waals surface area contributed by atoms with E-state index in [1.807, 2.05) is 0 Å². The summed E-state index contributed by atoms with van der Waals surface area (Å²) in [6.45, 7) is -0.138. The van der Waals surface area contributed by atoms with Gasteiger partial charge in [-0.15, -0.1) is 4.91 Å². The molecule has 0 saturated heterocycles. The maximum absolute atomic E-state index is 12.8. The van der Waals surface area contributed by atoms with Gasteiger partial charge < -0.3 is 34.3 Å². The van der Waals surface area contributed by atoms with Crippen molar-refractivity contribution in [1.29, 1.82) is 0 Å². The number of aromatic nitrogens is 1. The average Bonchev–Trinajstić information content (AvgIpc) is 3.47. The normalized spacial score (nSPS) is 11.2. The van der Waals surface area contributed by atoms with Gasteiger partial charge in [-0.3, -0.25) is 14.1 Å². The van der Waals surface area contributed by atoms with E-state index in [0.29, 0.717) is 39.3 Å². The van der Waals surface area contributed by atoms with E-state index < -0.39 is 7.82 Å². The van der Waals surface area contributed by atoms with Crippen molar-refractivity contribution in [2.45, 2.75) is 0 Å². The van der Waals surface area contributed by atoms with E-state index >= 15 is 0 Å². The van der Waals surface area contributed by atoms with Crippen molar-refractivity contribution >= 4 is 36.1 Å². The summed E-state index contributed by atoms with van der Waals surface area (Å²) in [5.74, 6) is 0.829. The number of ether oxygens (including phenoxy) is 3. The second-order valence-electron chi connectivity index (χ2n) is 8.48. The Labute approximate surface area is 233 Å². The van der Waals surface area contributed by atoms with Crippen molar-refractivity contribution < 1.29 is 42.7 Å². The fraction of sp³-hybridized carbons (Fsp3) is 0.185. The van der Waals surface area contributed by atoms with Gasteiger partial charge in [0.05, 0.1) is 18.7 Å². The van der Waals surface area contributed by atoms with Crippen molar-refractivity contribution in [2.75, 3.05) is 33.0 Å². The SMILES string of the molecule is O=Nc1ccc(OCC(=O)NCCOc2ccc(C(=O)c3ccc(OCCOP(=O)(O)O)cc3)cc2)c2cc[nH]c12. The molecule has 0 spiro atoms. The first-order valence-electron chi connectivity index (χ1n) is 12.3. The second-order valence-corrected chi connectivity index (χ2v) is 9.72. The molecular weight excluding hydrogens is 557 g/mol. The molecule has 4 N–H and O–H groups in total. The van der Waals surface area contributed by atoms with Crippen LogP contribution in [0.2, 0.25) is 0 Å². The number of rotatable bonds is 15. The lowest BCUT2D eigenvalue weighted by molar-refractivity contribution is -0.123. The van der Waals surface area contributed by atoms with Crippen LogP contribution in [0.4, 0.5) is 5.69 Å². The summed E-state index contributed by atoms with van der Waals surface area (Å²) >= 11 is 0. The lowest BCUT2D eigenvalue weighted by Crippen LogP contribution is -2.32. The molecule has 0 radical (unpaired) electrons. The number of nitrogens with one attached hydrogen (secondary N) is 2. The molecule has 0 unspecified atom stereocenters. The standard InChI is InChI=1S/C27H26N3O10P/c31-25(17-39-24-10-9-23(30-33)26-22(24)11-12-29-26)28-13-14-37-20-5-1-18(2-6-20)27(32)19-3-7-21(8-4-19)38-15-16-40-41(34,35)36/h1-12,29H,13-17H2,(H,28,31)(H2,34,35,36). The lowest BCUT2D eigenvalue weighted by atomic mass is 10.0. The smallest absolute Gasteiger partial charge is 0.469 e. The summed E-state index contributed by atoms with van der Waals surface area (Å²) < 4.78 is 31.5. The summed E-state index contributed by atoms with van der Waals surface area (Å²) in [6, 6.07) is 17.7. The van der Waals surface area contributed by atoms with E-state index in [1.54, 1.807) is 66.9 Å². The van der Waals surface area contributed by atoms with Gasteiger partial charge in [0.1, 0.15) is 36.1 Å². The highest BCUT2D eigenvalue weighted by atomic mass is 31.2. The van der Waals surface area contributed by atoms with Gasteiger partial charge in [0.15, 0.2) is 12.4 Å². The molecule has 0 saturated carbocycles. The molecule has 3 aromatic carbocycles. The zero-order valence-corrected chi connectivity index (χ0v) is 22.4. The van der Waals surface area contributed by atoms with Gasteiger partial charge in [-0.05, 0) is 71.9 Å². The van der Waals surface area contributed by atoms with Crippen LogP contribution in [-0.4, -0.2) is 59.4 Å². The third kappa shape index (κ3) is 8.47. The molecule has 0 aliphatic carbocycles. The van der Waals surface area contributed by atoms with Gasteiger partial charge in [0, 0.05) is 22.7 Å². The van der Waals surface area contributed by atoms with Crippen LogP contribution in [-0.2, 0) is 13.9 Å². The van der Waals surface area contributed by atoms with Crippen LogP contribution < -0.4 is 19.5 Å². The Balaban J connectivity index is 1.17. The second kappa shape index (κ2) is 13.7. The number of fused-ring (bicyclic) bond motifs is 1. The minimum atomic E-state index is -4.54. The monoisotopic (exact) mass is 583 g/mol. The Kier molecular flexibility index (Phi) is 9.82. The highest BCUT2D eigenvalue weighted by molar-refractivity contribution is 7.46. The van der Waals surface area contributed by atoms with E-state index in [0.717, 1.165) is 0 Å². The number of amides is 1. The molecule has 4 rings (SSSR count). The van der Waals surface area contributed by atoms with Gasteiger partial charge in [0.2, 0.25) is 0 Å². The molecule has 4 aromatic rings. The number of nitrogens with zero attached hydrogens (tertiary/aromatic N) is 1. The lowest BCUT2D eigenvalue weighted by Gasteiger charge is -2.10. The number of benzene rings is 3. The number of nitroso groups, excluding NO2 is 1. The predicted octanol–water partition coefficient (Wildman–Crippen LogP) is 3.86. The minimum Gasteiger partial charge on any atom is -0.492 e. The summed E-state index contributed by atoms with van der Waals surface area (Å²) in [4.78, 5) is 56.0. The Bertz CT molecular complexity index is 1550. The number of hydrogen-bond acceptors (Lipinski definition) is 9. The number of carbonyl (C=O) groups is 2. The van der Waals surface area contributed by atoms with E-state index in [2.05, 4.69) is 20.0 Å². The van der Waals surface area contributed by atoms with E-state index in [4.69, 9.17) is 24.0 Å². The molecule has 0 fully saturated rings. The van der Waals surface area contributed by atoms with Crippen molar-refractivity contribution in [1.82, 2.24) is 10.3 Å². The van der Waals surface area contributed by atoms with Crippen LogP contribution >= 0.6 is 7.82 Å². The van der Waals surface area contributed by atoms with Gasteiger partial charge in [-0.2, -0.15) is 0 Å². The van der Waals surface area contributed by atoms with Crippen LogP contribution in [0, 0.1) is 4.91 Å². The zero-order chi connectivity index (χ0) is 29.2. The fourth-order valence-electron chi connectivity index (χ4n) is 3.76. The van der Waals surface area contributed by atoms with Crippen molar-refractivity contribution in [3.05, 3.63) is 89.0 Å². The molecule has 0 bridgehead atoms. The number of hydrogen-bond donors (Lipinski definition) is 4. The number of carbonyl (C=O) groups excluding carboxylic acids is 2. The molecule has 1 heterocycles. The molecule has 0 aliphatic heterocycles. The highest BCUT2D eigenvalue weighted by Crippen LogP contribution is 2.35. The topological polar surface area (TPSA) is 186 Å². The maximum Gasteiger partial charge on any atom is 0.469 e. The highest BCUT2D eigenvalue weighted by Gasteiger charge is 2.14. The molecule has 41 heavy (non-hydrogen) atoms. The average molecular weight is 583 g/mol. The van der Waals surface area contributed by atoms with E-state index in [-0.39, 0.29) is 50.4 Å². The number of H-pyrrole nitrogens is 1. The Hall–Kier alpha value is -4.55. The molecule has 13 nitrogen and oxygen atoms in total. The van der Waals surface area contributed by atoms with E-state index in [9.17, 15) is 19.1 Å². The van der Waals surface area contributed by atoms with Crippen LogP contribution in [0.1, 0.15) is 15.9 Å². The summed E-state index contributed by atoms with van der Waals surface area (Å²) in [5, 5.41) is 6.30. The molecule has 1 amide bonds.